The van der Waals surface area contributed by atoms with Crippen molar-refractivity contribution in [3.63, 3.8) is 0 Å². The number of aromatic nitrogens is 2. The SMILES string of the molecule is Cl.Cl.Cl.Nc1ccc2c(c1)ncn2Cc1ccc(Cl)cc1. The molecule has 2 N–H and O–H groups in total. The monoisotopic (exact) mass is 365 g/mol. The number of nitrogens with zero attached hydrogens (tertiary/aromatic N) is 2. The zero-order chi connectivity index (χ0) is 12.5. The highest BCUT2D eigenvalue weighted by molar-refractivity contribution is 6.30. The van der Waals surface area contributed by atoms with E-state index < -0.39 is 0 Å². The first-order valence-corrected chi connectivity index (χ1v) is 6.05. The normalized spacial score (nSPS) is 9.38. The molecule has 0 aliphatic rings. The van der Waals surface area contributed by atoms with Crippen molar-refractivity contribution in [2.24, 2.45) is 0 Å². The third kappa shape index (κ3) is 4.42. The Hall–Kier alpha value is -1.13. The van der Waals surface area contributed by atoms with Gasteiger partial charge < -0.3 is 10.3 Å². The molecule has 0 amide bonds. The number of nitrogen functional groups attached to an aromatic ring is 1. The van der Waals surface area contributed by atoms with Crippen LogP contribution in [0.1, 0.15) is 5.56 Å². The fraction of sp³-hybridized carbons (Fsp3) is 0.0714. The van der Waals surface area contributed by atoms with Crippen LogP contribution in [0.4, 0.5) is 5.69 Å². The molecule has 0 bridgehead atoms. The van der Waals surface area contributed by atoms with E-state index >= 15 is 0 Å². The molecular weight excluding hydrogens is 352 g/mol. The summed E-state index contributed by atoms with van der Waals surface area (Å²) in [7, 11) is 0. The first kappa shape index (κ1) is 19.9. The lowest BCUT2D eigenvalue weighted by Gasteiger charge is -2.04. The second-order valence-electron chi connectivity index (χ2n) is 4.25. The topological polar surface area (TPSA) is 43.8 Å². The number of halogens is 4. The Bertz CT molecular complexity index is 695. The summed E-state index contributed by atoms with van der Waals surface area (Å²) >= 11 is 5.87. The molecule has 3 rings (SSSR count). The molecule has 1 heterocycles. The van der Waals surface area contributed by atoms with Gasteiger partial charge in [-0.2, -0.15) is 0 Å². The molecule has 0 aliphatic carbocycles. The highest BCUT2D eigenvalue weighted by Crippen LogP contribution is 2.18. The van der Waals surface area contributed by atoms with Gasteiger partial charge in [0.2, 0.25) is 0 Å². The quantitative estimate of drug-likeness (QED) is 0.674. The maximum Gasteiger partial charge on any atom is 0.0961 e. The summed E-state index contributed by atoms with van der Waals surface area (Å²) in [5.74, 6) is 0. The fourth-order valence-electron chi connectivity index (χ4n) is 1.99. The number of fused-ring (bicyclic) bond motifs is 1. The Morgan fingerprint density at radius 3 is 2.33 bits per heavy atom. The smallest absolute Gasteiger partial charge is 0.0961 e. The average Bonchev–Trinajstić information content (AvgIpc) is 2.74. The van der Waals surface area contributed by atoms with Crippen molar-refractivity contribution < 1.29 is 0 Å². The van der Waals surface area contributed by atoms with Gasteiger partial charge in [-0.1, -0.05) is 23.7 Å². The third-order valence-corrected chi connectivity index (χ3v) is 3.16. The van der Waals surface area contributed by atoms with Crippen molar-refractivity contribution in [2.45, 2.75) is 6.54 Å². The molecule has 1 aromatic heterocycles. The summed E-state index contributed by atoms with van der Waals surface area (Å²) in [6.45, 7) is 0.775. The predicted molar refractivity (Wildman–Crippen MR) is 96.4 cm³/mol. The first-order valence-electron chi connectivity index (χ1n) is 5.67. The van der Waals surface area contributed by atoms with Crippen LogP contribution in [-0.2, 0) is 6.54 Å². The summed E-state index contributed by atoms with van der Waals surface area (Å²) in [5.41, 5.74) is 9.67. The Labute approximate surface area is 146 Å². The molecular formula is C14H15Cl4N3. The summed E-state index contributed by atoms with van der Waals surface area (Å²) in [6.07, 6.45) is 1.83. The standard InChI is InChI=1S/C14H12ClN3.3ClH/c15-11-3-1-10(2-4-11)8-18-9-17-13-7-12(16)5-6-14(13)18;;;/h1-7,9H,8,16H2;3*1H. The summed E-state index contributed by atoms with van der Waals surface area (Å²) in [4.78, 5) is 4.35. The summed E-state index contributed by atoms with van der Waals surface area (Å²) in [6, 6.07) is 13.6. The van der Waals surface area contributed by atoms with E-state index in [4.69, 9.17) is 17.3 Å². The molecule has 3 nitrogen and oxygen atoms in total. The maximum absolute atomic E-state index is 5.87. The lowest BCUT2D eigenvalue weighted by atomic mass is 10.2. The van der Waals surface area contributed by atoms with E-state index in [1.54, 1.807) is 0 Å². The van der Waals surface area contributed by atoms with E-state index in [2.05, 4.69) is 9.55 Å². The number of benzene rings is 2. The van der Waals surface area contributed by atoms with Crippen molar-refractivity contribution >= 4 is 65.5 Å². The number of rotatable bonds is 2. The molecule has 0 saturated heterocycles. The van der Waals surface area contributed by atoms with E-state index in [9.17, 15) is 0 Å². The van der Waals surface area contributed by atoms with Crippen LogP contribution in [-0.4, -0.2) is 9.55 Å². The largest absolute Gasteiger partial charge is 0.399 e. The van der Waals surface area contributed by atoms with E-state index in [1.807, 2.05) is 48.8 Å². The van der Waals surface area contributed by atoms with Gasteiger partial charge in [0, 0.05) is 17.3 Å². The number of hydrogen-bond acceptors (Lipinski definition) is 2. The Kier molecular flexibility index (Phi) is 7.90. The number of imidazole rings is 1. The molecule has 3 aromatic rings. The molecule has 0 fully saturated rings. The van der Waals surface area contributed by atoms with E-state index in [0.29, 0.717) is 0 Å². The predicted octanol–water partition coefficient (Wildman–Crippen LogP) is 4.59. The van der Waals surface area contributed by atoms with Crippen molar-refractivity contribution in [1.29, 1.82) is 0 Å². The molecule has 2 aromatic carbocycles. The second kappa shape index (κ2) is 8.35. The molecule has 21 heavy (non-hydrogen) atoms. The van der Waals surface area contributed by atoms with Crippen molar-refractivity contribution in [1.82, 2.24) is 9.55 Å². The molecule has 7 heteroatoms. The highest BCUT2D eigenvalue weighted by Gasteiger charge is 2.03. The van der Waals surface area contributed by atoms with Crippen molar-refractivity contribution in [2.75, 3.05) is 5.73 Å². The first-order chi connectivity index (χ1) is 8.72. The Morgan fingerprint density at radius 1 is 1.00 bits per heavy atom. The zero-order valence-corrected chi connectivity index (χ0v) is 14.1. The van der Waals surface area contributed by atoms with Crippen molar-refractivity contribution in [3.05, 3.63) is 59.4 Å². The molecule has 0 spiro atoms. The highest BCUT2D eigenvalue weighted by atomic mass is 35.5. The Balaban J connectivity index is 0.00000133. The van der Waals surface area contributed by atoms with Crippen LogP contribution in [0.15, 0.2) is 48.8 Å². The number of nitrogens with two attached hydrogens (primary N) is 1. The Morgan fingerprint density at radius 2 is 1.67 bits per heavy atom. The molecule has 0 saturated carbocycles. The molecule has 114 valence electrons. The zero-order valence-electron chi connectivity index (χ0n) is 10.9. The minimum atomic E-state index is 0. The van der Waals surface area contributed by atoms with Crippen LogP contribution in [0.2, 0.25) is 5.02 Å². The van der Waals surface area contributed by atoms with Gasteiger partial charge >= 0.3 is 0 Å². The second-order valence-corrected chi connectivity index (χ2v) is 4.68. The molecule has 0 unspecified atom stereocenters. The number of hydrogen-bond donors (Lipinski definition) is 1. The van der Waals surface area contributed by atoms with Gasteiger partial charge in [0.1, 0.15) is 0 Å². The van der Waals surface area contributed by atoms with Crippen LogP contribution in [0.5, 0.6) is 0 Å². The van der Waals surface area contributed by atoms with Crippen LogP contribution >= 0.6 is 48.8 Å². The van der Waals surface area contributed by atoms with E-state index in [0.717, 1.165) is 28.3 Å². The third-order valence-electron chi connectivity index (χ3n) is 2.91. The average molecular weight is 367 g/mol. The van der Waals surface area contributed by atoms with Crippen molar-refractivity contribution in [3.8, 4) is 0 Å². The van der Waals surface area contributed by atoms with Gasteiger partial charge in [0.25, 0.3) is 0 Å². The van der Waals surface area contributed by atoms with E-state index in [1.165, 1.54) is 5.56 Å². The van der Waals surface area contributed by atoms with Gasteiger partial charge in [0.05, 0.1) is 17.4 Å². The van der Waals surface area contributed by atoms with Crippen LogP contribution in [0.3, 0.4) is 0 Å². The lowest BCUT2D eigenvalue weighted by molar-refractivity contribution is 0.824. The van der Waals surface area contributed by atoms with Crippen LogP contribution < -0.4 is 5.73 Å². The van der Waals surface area contributed by atoms with Gasteiger partial charge in [-0.3, -0.25) is 0 Å². The van der Waals surface area contributed by atoms with E-state index in [-0.39, 0.29) is 37.2 Å². The van der Waals surface area contributed by atoms with Crippen LogP contribution in [0.25, 0.3) is 11.0 Å². The lowest BCUT2D eigenvalue weighted by Crippen LogP contribution is -1.97. The summed E-state index contributed by atoms with van der Waals surface area (Å²) < 4.78 is 2.10. The molecule has 0 radical (unpaired) electrons. The summed E-state index contributed by atoms with van der Waals surface area (Å²) in [5, 5.41) is 0.752. The molecule has 0 atom stereocenters. The minimum Gasteiger partial charge on any atom is -0.399 e. The van der Waals surface area contributed by atoms with Gasteiger partial charge in [-0.05, 0) is 35.9 Å². The number of anilines is 1. The minimum absolute atomic E-state index is 0. The maximum atomic E-state index is 5.87. The van der Waals surface area contributed by atoms with Gasteiger partial charge in [-0.15, -0.1) is 37.2 Å². The van der Waals surface area contributed by atoms with Gasteiger partial charge in [0.15, 0.2) is 0 Å². The fourth-order valence-corrected chi connectivity index (χ4v) is 2.12. The van der Waals surface area contributed by atoms with Crippen LogP contribution in [0, 0.1) is 0 Å². The molecule has 0 aliphatic heterocycles. The van der Waals surface area contributed by atoms with Gasteiger partial charge in [-0.25, -0.2) is 4.98 Å².